The summed E-state index contributed by atoms with van der Waals surface area (Å²) < 4.78 is 35.6. The third-order valence-corrected chi connectivity index (χ3v) is 9.21. The van der Waals surface area contributed by atoms with E-state index in [0.29, 0.717) is 36.6 Å². The van der Waals surface area contributed by atoms with Gasteiger partial charge in [-0.25, -0.2) is 13.2 Å². The Morgan fingerprint density at radius 2 is 1.60 bits per heavy atom. The van der Waals surface area contributed by atoms with Crippen molar-refractivity contribution in [1.29, 1.82) is 0 Å². The highest BCUT2D eigenvalue weighted by atomic mass is 32.2. The molecule has 0 aromatic carbocycles. The number of rotatable bonds is 6. The van der Waals surface area contributed by atoms with Crippen molar-refractivity contribution >= 4 is 16.0 Å². The Kier molecular flexibility index (Phi) is 7.30. The van der Waals surface area contributed by atoms with Gasteiger partial charge in [0.1, 0.15) is 10.5 Å². The molecule has 7 nitrogen and oxygen atoms in total. The van der Waals surface area contributed by atoms with Crippen LogP contribution in [0.4, 0.5) is 0 Å². The minimum absolute atomic E-state index is 0.111. The molecule has 1 saturated carbocycles. The number of aromatic nitrogens is 1. The number of esters is 1. The summed E-state index contributed by atoms with van der Waals surface area (Å²) in [7, 11) is 0.223. The largest absolute Gasteiger partial charge is 0.462 e. The summed E-state index contributed by atoms with van der Waals surface area (Å²) in [6.07, 6.45) is 8.08. The van der Waals surface area contributed by atoms with E-state index in [1.54, 1.807) is 36.7 Å². The van der Waals surface area contributed by atoms with Crippen molar-refractivity contribution in [1.82, 2.24) is 13.8 Å². The molecule has 30 heavy (non-hydrogen) atoms. The highest BCUT2D eigenvalue weighted by molar-refractivity contribution is 7.89. The van der Waals surface area contributed by atoms with Gasteiger partial charge in [0, 0.05) is 43.6 Å². The summed E-state index contributed by atoms with van der Waals surface area (Å²) in [4.78, 5) is 15.2. The van der Waals surface area contributed by atoms with E-state index < -0.39 is 16.0 Å². The Morgan fingerprint density at radius 1 is 1.03 bits per heavy atom. The fourth-order valence-electron chi connectivity index (χ4n) is 5.08. The fourth-order valence-corrected chi connectivity index (χ4v) is 7.03. The topological polar surface area (TPSA) is 71.8 Å². The van der Waals surface area contributed by atoms with Gasteiger partial charge in [0.15, 0.2) is 0 Å². The SMILES string of the molecule is CCOC(=O)c1c(S(=O)(=O)N2CCC(N(C)C3CCCCC3)CC2)c(C)n(C)c1C. The van der Waals surface area contributed by atoms with E-state index in [4.69, 9.17) is 4.74 Å². The van der Waals surface area contributed by atoms with Crippen LogP contribution in [-0.4, -0.2) is 67.0 Å². The number of nitrogens with zero attached hydrogens (tertiary/aromatic N) is 3. The lowest BCUT2D eigenvalue weighted by atomic mass is 9.92. The molecular weight excluding hydrogens is 402 g/mol. The molecule has 2 heterocycles. The number of piperidine rings is 1. The van der Waals surface area contributed by atoms with Gasteiger partial charge in [-0.05, 0) is 53.5 Å². The van der Waals surface area contributed by atoms with E-state index >= 15 is 0 Å². The van der Waals surface area contributed by atoms with Crippen molar-refractivity contribution < 1.29 is 17.9 Å². The maximum Gasteiger partial charge on any atom is 0.341 e. The molecule has 1 aromatic heterocycles. The summed E-state index contributed by atoms with van der Waals surface area (Å²) in [5.41, 5.74) is 1.38. The Balaban J connectivity index is 1.79. The van der Waals surface area contributed by atoms with E-state index in [0.717, 1.165) is 12.8 Å². The van der Waals surface area contributed by atoms with Gasteiger partial charge in [0.05, 0.1) is 6.61 Å². The third-order valence-electron chi connectivity index (χ3n) is 7.15. The average molecular weight is 440 g/mol. The van der Waals surface area contributed by atoms with Gasteiger partial charge in [-0.3, -0.25) is 0 Å². The summed E-state index contributed by atoms with van der Waals surface area (Å²) in [5, 5.41) is 0. The third kappa shape index (κ3) is 4.32. The van der Waals surface area contributed by atoms with Crippen LogP contribution in [0.3, 0.4) is 0 Å². The first-order valence-corrected chi connectivity index (χ1v) is 12.7. The van der Waals surface area contributed by atoms with Crippen molar-refractivity contribution in [2.45, 2.75) is 82.7 Å². The zero-order valence-corrected chi connectivity index (χ0v) is 19.9. The van der Waals surface area contributed by atoms with Crippen LogP contribution in [0.2, 0.25) is 0 Å². The van der Waals surface area contributed by atoms with Gasteiger partial charge in [-0.2, -0.15) is 4.31 Å². The van der Waals surface area contributed by atoms with Crippen LogP contribution in [-0.2, 0) is 21.8 Å². The molecule has 170 valence electrons. The van der Waals surface area contributed by atoms with Crippen LogP contribution in [0.5, 0.6) is 0 Å². The zero-order valence-electron chi connectivity index (χ0n) is 19.1. The molecule has 2 aliphatic rings. The van der Waals surface area contributed by atoms with Gasteiger partial charge in [0.2, 0.25) is 10.0 Å². The van der Waals surface area contributed by atoms with Crippen LogP contribution < -0.4 is 0 Å². The first kappa shape index (κ1) is 23.3. The standard InChI is InChI=1S/C22H37N3O4S/c1-6-29-22(26)20-16(2)23(4)17(3)21(20)30(27,28)25-14-12-19(13-15-25)24(5)18-10-8-7-9-11-18/h18-19H,6-15H2,1-5H3. The first-order valence-electron chi connectivity index (χ1n) is 11.2. The molecule has 0 bridgehead atoms. The molecule has 0 amide bonds. The monoisotopic (exact) mass is 439 g/mol. The predicted molar refractivity (Wildman–Crippen MR) is 117 cm³/mol. The summed E-state index contributed by atoms with van der Waals surface area (Å²) in [6, 6.07) is 1.05. The summed E-state index contributed by atoms with van der Waals surface area (Å²) in [5.74, 6) is -0.566. The number of carbonyl (C=O) groups is 1. The highest BCUT2D eigenvalue weighted by Crippen LogP contribution is 2.32. The smallest absolute Gasteiger partial charge is 0.341 e. The lowest BCUT2D eigenvalue weighted by Crippen LogP contribution is -2.49. The zero-order chi connectivity index (χ0) is 22.1. The number of hydrogen-bond acceptors (Lipinski definition) is 5. The normalized spacial score (nSPS) is 20.1. The van der Waals surface area contributed by atoms with Crippen molar-refractivity contribution in [2.24, 2.45) is 7.05 Å². The van der Waals surface area contributed by atoms with Crippen molar-refractivity contribution in [2.75, 3.05) is 26.7 Å². The van der Waals surface area contributed by atoms with E-state index in [9.17, 15) is 13.2 Å². The lowest BCUT2D eigenvalue weighted by molar-refractivity contribution is 0.0520. The van der Waals surface area contributed by atoms with Crippen molar-refractivity contribution in [3.8, 4) is 0 Å². The summed E-state index contributed by atoms with van der Waals surface area (Å²) >= 11 is 0. The summed E-state index contributed by atoms with van der Waals surface area (Å²) in [6.45, 7) is 6.44. The molecule has 2 fully saturated rings. The number of carbonyl (C=O) groups excluding carboxylic acids is 1. The van der Waals surface area contributed by atoms with E-state index in [2.05, 4.69) is 11.9 Å². The maximum atomic E-state index is 13.6. The Bertz CT molecular complexity index is 863. The number of ether oxygens (including phenoxy) is 1. The molecule has 1 aromatic rings. The molecule has 1 aliphatic heterocycles. The van der Waals surface area contributed by atoms with Crippen LogP contribution in [0.15, 0.2) is 4.90 Å². The fraction of sp³-hybridized carbons (Fsp3) is 0.773. The average Bonchev–Trinajstić information content (AvgIpc) is 2.98. The first-order chi connectivity index (χ1) is 14.2. The highest BCUT2D eigenvalue weighted by Gasteiger charge is 2.38. The van der Waals surface area contributed by atoms with Crippen LogP contribution in [0.25, 0.3) is 0 Å². The minimum Gasteiger partial charge on any atom is -0.462 e. The van der Waals surface area contributed by atoms with Crippen molar-refractivity contribution in [3.63, 3.8) is 0 Å². The van der Waals surface area contributed by atoms with Gasteiger partial charge >= 0.3 is 5.97 Å². The molecule has 1 aliphatic carbocycles. The second kappa shape index (κ2) is 9.40. The van der Waals surface area contributed by atoms with Crippen molar-refractivity contribution in [3.05, 3.63) is 17.0 Å². The quantitative estimate of drug-likeness (QED) is 0.637. The number of sulfonamides is 1. The van der Waals surface area contributed by atoms with E-state index in [-0.39, 0.29) is 17.1 Å². The Labute approximate surface area is 181 Å². The molecule has 0 unspecified atom stereocenters. The molecule has 1 saturated heterocycles. The molecule has 0 spiro atoms. The van der Waals surface area contributed by atoms with E-state index in [1.807, 2.05) is 0 Å². The van der Waals surface area contributed by atoms with Gasteiger partial charge in [0.25, 0.3) is 0 Å². The lowest BCUT2D eigenvalue weighted by Gasteiger charge is -2.41. The molecule has 0 N–H and O–H groups in total. The minimum atomic E-state index is -3.77. The molecule has 0 atom stereocenters. The molecular formula is C22H37N3O4S. The Morgan fingerprint density at radius 3 is 2.17 bits per heavy atom. The van der Waals surface area contributed by atoms with Crippen LogP contribution >= 0.6 is 0 Å². The molecule has 0 radical (unpaired) electrons. The molecule has 3 rings (SSSR count). The van der Waals surface area contributed by atoms with Crippen LogP contribution in [0.1, 0.15) is 73.6 Å². The Hall–Kier alpha value is -1.38. The second-order valence-electron chi connectivity index (χ2n) is 8.75. The van der Waals surface area contributed by atoms with Gasteiger partial charge < -0.3 is 14.2 Å². The van der Waals surface area contributed by atoms with Gasteiger partial charge in [-0.15, -0.1) is 0 Å². The predicted octanol–water partition coefficient (Wildman–Crippen LogP) is 3.24. The van der Waals surface area contributed by atoms with Gasteiger partial charge in [-0.1, -0.05) is 19.3 Å². The molecule has 8 heteroatoms. The second-order valence-corrected chi connectivity index (χ2v) is 10.6. The van der Waals surface area contributed by atoms with E-state index in [1.165, 1.54) is 32.1 Å². The van der Waals surface area contributed by atoms with Crippen LogP contribution in [0, 0.1) is 13.8 Å². The number of hydrogen-bond donors (Lipinski definition) is 0. The maximum absolute atomic E-state index is 13.6.